The lowest BCUT2D eigenvalue weighted by atomic mass is 9.88. The Morgan fingerprint density at radius 2 is 2.24 bits per heavy atom. The van der Waals surface area contributed by atoms with Crippen molar-refractivity contribution in [1.29, 1.82) is 0 Å². The Labute approximate surface area is 123 Å². The Morgan fingerprint density at radius 3 is 3.10 bits per heavy atom. The fraction of sp³-hybridized carbons (Fsp3) is 0.375. The second-order valence-corrected chi connectivity index (χ2v) is 5.94. The van der Waals surface area contributed by atoms with Gasteiger partial charge in [-0.1, -0.05) is 6.92 Å². The highest BCUT2D eigenvalue weighted by molar-refractivity contribution is 5.82. The zero-order valence-corrected chi connectivity index (χ0v) is 12.3. The summed E-state index contributed by atoms with van der Waals surface area (Å²) in [6, 6.07) is 6.14. The third kappa shape index (κ3) is 2.00. The molecule has 1 aliphatic rings. The molecule has 108 valence electrons. The van der Waals surface area contributed by atoms with Gasteiger partial charge in [0.25, 0.3) is 0 Å². The van der Waals surface area contributed by atoms with Gasteiger partial charge in [-0.3, -0.25) is 5.10 Å². The van der Waals surface area contributed by atoms with Crippen molar-refractivity contribution in [1.82, 2.24) is 20.2 Å². The van der Waals surface area contributed by atoms with E-state index >= 15 is 0 Å². The fourth-order valence-corrected chi connectivity index (χ4v) is 3.14. The lowest BCUT2D eigenvalue weighted by Crippen LogP contribution is -2.10. The normalized spacial score (nSPS) is 17.9. The minimum absolute atomic E-state index is 0.717. The Morgan fingerprint density at radius 1 is 1.33 bits per heavy atom. The lowest BCUT2D eigenvalue weighted by Gasteiger charge is -2.17. The molecule has 1 aromatic carbocycles. The van der Waals surface area contributed by atoms with Crippen LogP contribution in [0.2, 0.25) is 0 Å². The quantitative estimate of drug-likeness (QED) is 0.676. The van der Waals surface area contributed by atoms with E-state index < -0.39 is 0 Å². The van der Waals surface area contributed by atoms with Crippen LogP contribution in [0.1, 0.15) is 24.6 Å². The van der Waals surface area contributed by atoms with Crippen LogP contribution in [0.3, 0.4) is 0 Å². The van der Waals surface area contributed by atoms with Crippen LogP contribution in [0, 0.1) is 5.92 Å². The van der Waals surface area contributed by atoms with Gasteiger partial charge in [0.15, 0.2) is 5.82 Å². The molecule has 2 aromatic heterocycles. The first kappa shape index (κ1) is 12.4. The van der Waals surface area contributed by atoms with Crippen molar-refractivity contribution in [3.8, 4) is 11.5 Å². The van der Waals surface area contributed by atoms with E-state index in [1.165, 1.54) is 17.7 Å². The number of hydrogen-bond acceptors (Lipinski definition) is 3. The average Bonchev–Trinajstić information content (AvgIpc) is 3.08. The minimum atomic E-state index is 0.717. The Hall–Kier alpha value is -2.30. The third-order valence-electron chi connectivity index (χ3n) is 4.39. The van der Waals surface area contributed by atoms with E-state index in [1.807, 2.05) is 19.2 Å². The number of rotatable bonds is 2. The van der Waals surface area contributed by atoms with Crippen LogP contribution in [0.25, 0.3) is 22.6 Å². The first-order chi connectivity index (χ1) is 10.2. The fourth-order valence-electron chi connectivity index (χ4n) is 3.14. The molecule has 3 N–H and O–H groups in total. The summed E-state index contributed by atoms with van der Waals surface area (Å²) in [5.74, 6) is 1.58. The summed E-state index contributed by atoms with van der Waals surface area (Å²) in [7, 11) is 1.92. The summed E-state index contributed by atoms with van der Waals surface area (Å²) < 4.78 is 0. The van der Waals surface area contributed by atoms with E-state index in [9.17, 15) is 0 Å². The summed E-state index contributed by atoms with van der Waals surface area (Å²) in [6.07, 6.45) is 3.41. The van der Waals surface area contributed by atoms with Gasteiger partial charge in [-0.2, -0.15) is 5.10 Å². The van der Waals surface area contributed by atoms with Crippen molar-refractivity contribution in [2.45, 2.75) is 26.2 Å². The molecular formula is C16H19N5. The molecule has 0 radical (unpaired) electrons. The summed E-state index contributed by atoms with van der Waals surface area (Å²) in [5.41, 5.74) is 6.69. The molecule has 0 saturated carbocycles. The van der Waals surface area contributed by atoms with Gasteiger partial charge in [0, 0.05) is 24.0 Å². The number of imidazole rings is 1. The Bertz CT molecular complexity index is 798. The molecule has 0 spiro atoms. The maximum absolute atomic E-state index is 4.70. The van der Waals surface area contributed by atoms with Crippen LogP contribution in [-0.2, 0) is 12.8 Å². The Balaban J connectivity index is 1.82. The summed E-state index contributed by atoms with van der Waals surface area (Å²) in [6.45, 7) is 2.30. The van der Waals surface area contributed by atoms with Crippen molar-refractivity contribution in [2.24, 2.45) is 5.92 Å². The second-order valence-electron chi connectivity index (χ2n) is 5.94. The number of aryl methyl sites for hydroxylation is 1. The zero-order valence-electron chi connectivity index (χ0n) is 12.3. The highest BCUT2D eigenvalue weighted by Gasteiger charge is 2.23. The summed E-state index contributed by atoms with van der Waals surface area (Å²) in [5, 5.41) is 10.8. The number of nitrogens with one attached hydrogen (secondary N) is 3. The largest absolute Gasteiger partial charge is 0.388 e. The van der Waals surface area contributed by atoms with Gasteiger partial charge in [0.1, 0.15) is 5.69 Å². The molecule has 0 bridgehead atoms. The van der Waals surface area contributed by atoms with E-state index in [0.717, 1.165) is 41.1 Å². The van der Waals surface area contributed by atoms with Crippen LogP contribution >= 0.6 is 0 Å². The maximum Gasteiger partial charge on any atom is 0.159 e. The molecular weight excluding hydrogens is 262 g/mol. The van der Waals surface area contributed by atoms with Gasteiger partial charge < -0.3 is 10.3 Å². The van der Waals surface area contributed by atoms with Crippen molar-refractivity contribution < 1.29 is 0 Å². The van der Waals surface area contributed by atoms with Gasteiger partial charge in [0.2, 0.25) is 0 Å². The van der Waals surface area contributed by atoms with Crippen LogP contribution in [0.15, 0.2) is 18.2 Å². The number of aromatic amines is 2. The minimum Gasteiger partial charge on any atom is -0.388 e. The molecule has 0 aliphatic heterocycles. The third-order valence-corrected chi connectivity index (χ3v) is 4.39. The maximum atomic E-state index is 4.70. The van der Waals surface area contributed by atoms with Crippen LogP contribution in [0.5, 0.6) is 0 Å². The highest BCUT2D eigenvalue weighted by atomic mass is 15.1. The molecule has 4 rings (SSSR count). The van der Waals surface area contributed by atoms with Crippen molar-refractivity contribution in [2.75, 3.05) is 12.4 Å². The summed E-state index contributed by atoms with van der Waals surface area (Å²) >= 11 is 0. The highest BCUT2D eigenvalue weighted by Crippen LogP contribution is 2.31. The van der Waals surface area contributed by atoms with Gasteiger partial charge >= 0.3 is 0 Å². The lowest BCUT2D eigenvalue weighted by molar-refractivity contribution is 0.498. The molecule has 1 atom stereocenters. The first-order valence-electron chi connectivity index (χ1n) is 7.48. The van der Waals surface area contributed by atoms with E-state index in [-0.39, 0.29) is 0 Å². The van der Waals surface area contributed by atoms with E-state index in [4.69, 9.17) is 4.98 Å². The Kier molecular flexibility index (Phi) is 2.74. The molecule has 0 fully saturated rings. The SMILES string of the molecule is CNc1ccc2nc(-c3n[nH]c4c3CC(C)CC4)[nH]c2c1. The molecule has 5 heteroatoms. The van der Waals surface area contributed by atoms with E-state index in [1.54, 1.807) is 0 Å². The van der Waals surface area contributed by atoms with Gasteiger partial charge in [-0.25, -0.2) is 4.98 Å². The van der Waals surface area contributed by atoms with Crippen molar-refractivity contribution >= 4 is 16.7 Å². The molecule has 3 aromatic rings. The monoisotopic (exact) mass is 281 g/mol. The molecule has 2 heterocycles. The predicted octanol–water partition coefficient (Wildman–Crippen LogP) is 3.12. The molecule has 0 saturated heterocycles. The standard InChI is InChI=1S/C16H19N5/c1-9-3-5-12-11(7-9)15(21-20-12)16-18-13-6-4-10(17-2)8-14(13)19-16/h4,6,8-9,17H,3,5,7H2,1-2H3,(H,18,19)(H,20,21). The van der Waals surface area contributed by atoms with E-state index in [2.05, 4.69) is 33.5 Å². The number of fused-ring (bicyclic) bond motifs is 2. The van der Waals surface area contributed by atoms with Crippen molar-refractivity contribution in [3.63, 3.8) is 0 Å². The molecule has 5 nitrogen and oxygen atoms in total. The molecule has 0 amide bonds. The molecule has 1 unspecified atom stereocenters. The van der Waals surface area contributed by atoms with Gasteiger partial charge in [-0.15, -0.1) is 0 Å². The second kappa shape index (κ2) is 4.62. The smallest absolute Gasteiger partial charge is 0.159 e. The van der Waals surface area contributed by atoms with E-state index in [0.29, 0.717) is 5.92 Å². The average molecular weight is 281 g/mol. The number of aromatic nitrogens is 4. The molecule has 21 heavy (non-hydrogen) atoms. The topological polar surface area (TPSA) is 69.4 Å². The number of H-pyrrole nitrogens is 2. The van der Waals surface area contributed by atoms with Crippen LogP contribution < -0.4 is 5.32 Å². The summed E-state index contributed by atoms with van der Waals surface area (Å²) in [4.78, 5) is 8.10. The van der Waals surface area contributed by atoms with Crippen LogP contribution in [0.4, 0.5) is 5.69 Å². The van der Waals surface area contributed by atoms with Gasteiger partial charge in [0.05, 0.1) is 11.0 Å². The van der Waals surface area contributed by atoms with Crippen molar-refractivity contribution in [3.05, 3.63) is 29.5 Å². The van der Waals surface area contributed by atoms with Gasteiger partial charge in [-0.05, 0) is 43.4 Å². The number of nitrogens with zero attached hydrogens (tertiary/aromatic N) is 2. The predicted molar refractivity (Wildman–Crippen MR) is 84.4 cm³/mol. The number of anilines is 1. The number of benzene rings is 1. The first-order valence-corrected chi connectivity index (χ1v) is 7.48. The van der Waals surface area contributed by atoms with Crippen LogP contribution in [-0.4, -0.2) is 27.2 Å². The number of hydrogen-bond donors (Lipinski definition) is 3. The zero-order chi connectivity index (χ0) is 14.4. The molecule has 1 aliphatic carbocycles.